The van der Waals surface area contributed by atoms with E-state index in [1.54, 1.807) is 30.2 Å². The Balaban J connectivity index is 2.30. The van der Waals surface area contributed by atoms with Crippen LogP contribution in [0.25, 0.3) is 0 Å². The summed E-state index contributed by atoms with van der Waals surface area (Å²) >= 11 is 0. The topological polar surface area (TPSA) is 103 Å². The summed E-state index contributed by atoms with van der Waals surface area (Å²) < 4.78 is 46.5. The number of nitrogens with zero attached hydrogens (tertiary/aromatic N) is 1. The van der Waals surface area contributed by atoms with Gasteiger partial charge in [-0.15, -0.1) is 0 Å². The molecule has 0 aliphatic rings. The highest BCUT2D eigenvalue weighted by atomic mass is 32.2. The summed E-state index contributed by atoms with van der Waals surface area (Å²) in [6, 6.07) is 10.5. The second-order valence-electron chi connectivity index (χ2n) is 8.29. The van der Waals surface area contributed by atoms with Gasteiger partial charge in [-0.05, 0) is 62.7 Å². The average molecular weight is 481 g/mol. The summed E-state index contributed by atoms with van der Waals surface area (Å²) in [6.07, 6.45) is 0. The molecule has 0 aromatic heterocycles. The summed E-state index contributed by atoms with van der Waals surface area (Å²) in [7, 11) is 0.354. The highest BCUT2D eigenvalue weighted by Crippen LogP contribution is 2.31. The van der Waals surface area contributed by atoms with Crippen LogP contribution in [0.15, 0.2) is 47.4 Å². The second-order valence-corrected chi connectivity index (χ2v) is 9.84. The lowest BCUT2D eigenvalue weighted by atomic mass is 10.1. The van der Waals surface area contributed by atoms with Crippen LogP contribution in [0.1, 0.15) is 26.3 Å². The number of ether oxygens (including phenoxy) is 3. The van der Waals surface area contributed by atoms with Crippen LogP contribution in [0.5, 0.6) is 17.2 Å². The van der Waals surface area contributed by atoms with Crippen molar-refractivity contribution in [1.82, 2.24) is 10.2 Å². The molecule has 2 rings (SSSR count). The first-order chi connectivity index (χ1) is 15.5. The Bertz CT molecular complexity index is 1030. The summed E-state index contributed by atoms with van der Waals surface area (Å²) in [5.74, 6) is 0.797. The van der Waals surface area contributed by atoms with E-state index in [9.17, 15) is 13.2 Å². The van der Waals surface area contributed by atoms with Crippen molar-refractivity contribution in [3.8, 4) is 17.2 Å². The molecule has 10 heteroatoms. The van der Waals surface area contributed by atoms with Crippen molar-refractivity contribution >= 4 is 16.1 Å². The largest absolute Gasteiger partial charge is 0.497 e. The fraction of sp³-hybridized carbons (Fsp3) is 0.435. The van der Waals surface area contributed by atoms with Crippen molar-refractivity contribution in [2.24, 2.45) is 0 Å². The molecule has 2 amide bonds. The van der Waals surface area contributed by atoms with Crippen LogP contribution in [-0.2, 0) is 21.4 Å². The molecule has 9 nitrogen and oxygen atoms in total. The highest BCUT2D eigenvalue weighted by Gasteiger charge is 2.22. The number of hydrogen-bond donors (Lipinski definition) is 1. The van der Waals surface area contributed by atoms with Gasteiger partial charge in [0.25, 0.3) is 0 Å². The van der Waals surface area contributed by atoms with Gasteiger partial charge < -0.3 is 28.6 Å². The Morgan fingerprint density at radius 3 is 2.18 bits per heavy atom. The molecule has 33 heavy (non-hydrogen) atoms. The van der Waals surface area contributed by atoms with Crippen LogP contribution in [-0.4, -0.2) is 59.4 Å². The highest BCUT2D eigenvalue weighted by molar-refractivity contribution is 7.87. The first kappa shape index (κ1) is 26.3. The zero-order valence-corrected chi connectivity index (χ0v) is 20.7. The van der Waals surface area contributed by atoms with E-state index >= 15 is 0 Å². The normalized spacial score (nSPS) is 11.6. The lowest BCUT2D eigenvalue weighted by Crippen LogP contribution is -2.49. The molecule has 0 aliphatic carbocycles. The Morgan fingerprint density at radius 1 is 0.970 bits per heavy atom. The van der Waals surface area contributed by atoms with Gasteiger partial charge in [0.2, 0.25) is 0 Å². The second kappa shape index (κ2) is 11.2. The molecule has 182 valence electrons. The molecular weight excluding hydrogens is 448 g/mol. The molecule has 0 fully saturated rings. The molecule has 2 aromatic rings. The van der Waals surface area contributed by atoms with Crippen molar-refractivity contribution in [2.75, 3.05) is 34.5 Å². The quantitative estimate of drug-likeness (QED) is 0.520. The Morgan fingerprint density at radius 2 is 1.64 bits per heavy atom. The van der Waals surface area contributed by atoms with E-state index in [-0.39, 0.29) is 29.0 Å². The third-order valence-electron chi connectivity index (χ3n) is 4.48. The molecule has 0 atom stereocenters. The van der Waals surface area contributed by atoms with Crippen LogP contribution < -0.4 is 19.0 Å². The number of nitrogens with one attached hydrogen (secondary N) is 1. The Kier molecular flexibility index (Phi) is 8.95. The number of carbonyl (C=O) groups excluding carboxylic acids is 1. The minimum atomic E-state index is -4.12. The monoisotopic (exact) mass is 480 g/mol. The third-order valence-corrected chi connectivity index (χ3v) is 5.73. The van der Waals surface area contributed by atoms with Gasteiger partial charge in [0.1, 0.15) is 10.6 Å². The SMILES string of the molecule is COCCN(Cc1ccc(OC)c(OS(=O)(=O)c2ccc(OC)cc2)c1)C(=O)NC(C)(C)C. The van der Waals surface area contributed by atoms with Crippen LogP contribution in [0.2, 0.25) is 0 Å². The van der Waals surface area contributed by atoms with Crippen molar-refractivity contribution in [1.29, 1.82) is 0 Å². The van der Waals surface area contributed by atoms with Gasteiger partial charge in [0, 0.05) is 25.7 Å². The summed E-state index contributed by atoms with van der Waals surface area (Å²) in [5.41, 5.74) is 0.249. The first-order valence-corrected chi connectivity index (χ1v) is 11.7. The Hall–Kier alpha value is -2.98. The van der Waals surface area contributed by atoms with Gasteiger partial charge in [-0.2, -0.15) is 8.42 Å². The van der Waals surface area contributed by atoms with E-state index < -0.39 is 15.7 Å². The number of hydrogen-bond acceptors (Lipinski definition) is 7. The van der Waals surface area contributed by atoms with E-state index in [0.29, 0.717) is 24.5 Å². The molecule has 0 aliphatic heterocycles. The van der Waals surface area contributed by atoms with Crippen molar-refractivity contribution < 1.29 is 31.6 Å². The molecule has 0 heterocycles. The van der Waals surface area contributed by atoms with Crippen LogP contribution in [0.3, 0.4) is 0 Å². The van der Waals surface area contributed by atoms with Crippen molar-refractivity contribution in [2.45, 2.75) is 37.8 Å². The van der Waals surface area contributed by atoms with Crippen molar-refractivity contribution in [3.05, 3.63) is 48.0 Å². The number of carbonyl (C=O) groups is 1. The molecular formula is C23H32N2O7S. The average Bonchev–Trinajstić information content (AvgIpc) is 2.75. The molecule has 1 N–H and O–H groups in total. The van der Waals surface area contributed by atoms with Crippen LogP contribution in [0.4, 0.5) is 4.79 Å². The fourth-order valence-corrected chi connectivity index (χ4v) is 3.80. The standard InChI is InChI=1S/C23H32N2O7S/c1-23(2,3)24-22(26)25(13-14-29-4)16-17-7-12-20(31-6)21(15-17)32-33(27,28)19-10-8-18(30-5)9-11-19/h7-12,15H,13-14,16H2,1-6H3,(H,24,26). The minimum absolute atomic E-state index is 0.0220. The number of rotatable bonds is 10. The van der Waals surface area contributed by atoms with Gasteiger partial charge in [-0.3, -0.25) is 0 Å². The predicted octanol–water partition coefficient (Wildman–Crippen LogP) is 3.43. The van der Waals surface area contributed by atoms with E-state index in [0.717, 1.165) is 0 Å². The van der Waals surface area contributed by atoms with Gasteiger partial charge in [0.15, 0.2) is 11.5 Å². The zero-order valence-electron chi connectivity index (χ0n) is 19.9. The molecule has 0 radical (unpaired) electrons. The minimum Gasteiger partial charge on any atom is -0.497 e. The van der Waals surface area contributed by atoms with Gasteiger partial charge in [-0.1, -0.05) is 6.07 Å². The van der Waals surface area contributed by atoms with Crippen molar-refractivity contribution in [3.63, 3.8) is 0 Å². The lowest BCUT2D eigenvalue weighted by Gasteiger charge is -2.28. The third kappa shape index (κ3) is 7.83. The summed E-state index contributed by atoms with van der Waals surface area (Å²) in [5, 5.41) is 2.92. The molecule has 0 spiro atoms. The molecule has 2 aromatic carbocycles. The lowest BCUT2D eigenvalue weighted by molar-refractivity contribution is 0.142. The molecule has 0 bridgehead atoms. The maximum absolute atomic E-state index is 12.8. The van der Waals surface area contributed by atoms with Crippen LogP contribution in [0, 0.1) is 0 Å². The first-order valence-electron chi connectivity index (χ1n) is 10.3. The van der Waals surface area contributed by atoms with Gasteiger partial charge in [0.05, 0.1) is 20.8 Å². The summed E-state index contributed by atoms with van der Waals surface area (Å²) in [6.45, 7) is 6.59. The number of methoxy groups -OCH3 is 3. The van der Waals surface area contributed by atoms with Gasteiger partial charge >= 0.3 is 16.1 Å². The maximum Gasteiger partial charge on any atom is 0.339 e. The summed E-state index contributed by atoms with van der Waals surface area (Å²) in [4.78, 5) is 14.3. The Labute approximate surface area is 195 Å². The van der Waals surface area contributed by atoms with E-state index in [2.05, 4.69) is 5.32 Å². The number of urea groups is 1. The fourth-order valence-electron chi connectivity index (χ4n) is 2.87. The smallest absolute Gasteiger partial charge is 0.339 e. The predicted molar refractivity (Wildman–Crippen MR) is 124 cm³/mol. The maximum atomic E-state index is 12.8. The zero-order chi connectivity index (χ0) is 24.6. The van der Waals surface area contributed by atoms with Gasteiger partial charge in [-0.25, -0.2) is 4.79 Å². The van der Waals surface area contributed by atoms with Crippen LogP contribution >= 0.6 is 0 Å². The van der Waals surface area contributed by atoms with E-state index in [1.807, 2.05) is 20.8 Å². The molecule has 0 saturated carbocycles. The van der Waals surface area contributed by atoms with E-state index in [4.69, 9.17) is 18.4 Å². The molecule has 0 saturated heterocycles. The molecule has 0 unspecified atom stereocenters. The van der Waals surface area contributed by atoms with E-state index in [1.165, 1.54) is 38.5 Å². The number of amides is 2. The number of benzene rings is 2.